The Hall–Kier alpha value is -4.12. The second-order valence-electron chi connectivity index (χ2n) is 6.99. The van der Waals surface area contributed by atoms with Gasteiger partial charge in [-0.1, -0.05) is 36.4 Å². The number of ether oxygens (including phenoxy) is 1. The van der Waals surface area contributed by atoms with Crippen molar-refractivity contribution < 1.29 is 34.7 Å². The van der Waals surface area contributed by atoms with E-state index in [4.69, 9.17) is 5.11 Å². The van der Waals surface area contributed by atoms with E-state index in [1.165, 1.54) is 19.2 Å². The van der Waals surface area contributed by atoms with Gasteiger partial charge in [-0.2, -0.15) is 0 Å². The van der Waals surface area contributed by atoms with E-state index in [-0.39, 0.29) is 31.4 Å². The molecule has 183 valence electrons. The van der Waals surface area contributed by atoms with Crippen molar-refractivity contribution >= 4 is 5.97 Å². The van der Waals surface area contributed by atoms with E-state index in [2.05, 4.69) is 26.8 Å². The van der Waals surface area contributed by atoms with Crippen molar-refractivity contribution in [3.8, 4) is 28.3 Å². The van der Waals surface area contributed by atoms with Gasteiger partial charge in [0.15, 0.2) is 0 Å². The largest absolute Gasteiger partial charge is 0.507 e. The van der Waals surface area contributed by atoms with Gasteiger partial charge in [0, 0.05) is 32.5 Å². The van der Waals surface area contributed by atoms with Crippen LogP contribution >= 0.6 is 0 Å². The average molecular weight is 653 g/mol. The zero-order valence-corrected chi connectivity index (χ0v) is 21.9. The van der Waals surface area contributed by atoms with Crippen LogP contribution in [0.2, 0.25) is 0 Å². The van der Waals surface area contributed by atoms with Crippen LogP contribution in [0.3, 0.4) is 0 Å². The summed E-state index contributed by atoms with van der Waals surface area (Å²) in [6.45, 7) is 0. The predicted octanol–water partition coefficient (Wildman–Crippen LogP) is 6.27. The molecule has 0 aliphatic carbocycles. The summed E-state index contributed by atoms with van der Waals surface area (Å²) in [6, 6.07) is 39.9. The van der Waals surface area contributed by atoms with Crippen molar-refractivity contribution in [1.29, 1.82) is 0 Å². The number of methoxy groups -OCH3 is 1. The van der Waals surface area contributed by atoms with Crippen molar-refractivity contribution in [1.82, 2.24) is 9.97 Å². The first-order chi connectivity index (χ1) is 17.2. The molecule has 0 atom stereocenters. The minimum absolute atomic E-state index is 0. The molecule has 0 aliphatic rings. The van der Waals surface area contributed by atoms with Gasteiger partial charge in [-0.15, -0.1) is 71.8 Å². The Balaban J connectivity index is 0.000000188. The van der Waals surface area contributed by atoms with Gasteiger partial charge in [-0.05, 0) is 35.7 Å². The Morgan fingerprint density at radius 3 is 1.56 bits per heavy atom. The van der Waals surface area contributed by atoms with Crippen LogP contribution in [-0.2, 0) is 24.8 Å². The molecule has 0 bridgehead atoms. The Labute approximate surface area is 224 Å². The van der Waals surface area contributed by atoms with Gasteiger partial charge in [0.1, 0.15) is 11.3 Å². The molecule has 1 radical (unpaired) electrons. The summed E-state index contributed by atoms with van der Waals surface area (Å²) in [7, 11) is 1.27. The molecule has 0 saturated heterocycles. The van der Waals surface area contributed by atoms with E-state index in [1.807, 2.05) is 84.9 Å². The molecule has 6 heteroatoms. The summed E-state index contributed by atoms with van der Waals surface area (Å²) >= 11 is 0. The van der Waals surface area contributed by atoms with Crippen LogP contribution in [0.4, 0.5) is 0 Å². The van der Waals surface area contributed by atoms with Crippen LogP contribution in [0.5, 0.6) is 5.75 Å². The Morgan fingerprint density at radius 2 is 1.17 bits per heavy atom. The van der Waals surface area contributed by atoms with E-state index in [0.29, 0.717) is 0 Å². The summed E-state index contributed by atoms with van der Waals surface area (Å²) in [5.74, 6) is -0.581. The van der Waals surface area contributed by atoms with Gasteiger partial charge in [0.2, 0.25) is 0 Å². The van der Waals surface area contributed by atoms with Crippen molar-refractivity contribution in [2.75, 3.05) is 7.11 Å². The summed E-state index contributed by atoms with van der Waals surface area (Å²) in [4.78, 5) is 19.3. The van der Waals surface area contributed by atoms with E-state index in [9.17, 15) is 4.79 Å². The van der Waals surface area contributed by atoms with E-state index < -0.39 is 5.97 Å². The predicted molar refractivity (Wildman–Crippen MR) is 136 cm³/mol. The van der Waals surface area contributed by atoms with E-state index in [0.717, 1.165) is 22.5 Å². The topological polar surface area (TPSA) is 72.3 Å². The fourth-order valence-corrected chi connectivity index (χ4v) is 2.91. The van der Waals surface area contributed by atoms with Crippen LogP contribution in [0.15, 0.2) is 122 Å². The summed E-state index contributed by atoms with van der Waals surface area (Å²) in [6.07, 6.45) is 3.58. The molecule has 0 saturated carbocycles. The molecule has 1 N–H and O–H groups in total. The molecule has 0 fully saturated rings. The number of benzene rings is 3. The number of phenols is 1. The maximum absolute atomic E-state index is 10.9. The Kier molecular flexibility index (Phi) is 12.3. The minimum atomic E-state index is -0.525. The van der Waals surface area contributed by atoms with Crippen LogP contribution < -0.4 is 0 Å². The number of rotatable bonds is 3. The van der Waals surface area contributed by atoms with Gasteiger partial charge in [-0.3, -0.25) is 0 Å². The quantitative estimate of drug-likeness (QED) is 0.184. The van der Waals surface area contributed by atoms with Crippen LogP contribution in [0.1, 0.15) is 10.4 Å². The fraction of sp³-hybridized carbons (Fsp3) is 0.0333. The number of carbonyl (C=O) groups excluding carboxylic acids is 1. The smallest absolute Gasteiger partial charge is 0.341 e. The van der Waals surface area contributed by atoms with Gasteiger partial charge >= 0.3 is 5.97 Å². The fourth-order valence-electron chi connectivity index (χ4n) is 2.91. The standard InChI is InChI=1S/2C11H8N.C8H8O3.Ir/c2*1-2-6-10(7-3-1)11-8-4-5-9-12-11;1-11-8(10)6-4-2-3-5-7(6)9;/h2*1-6,8-9H;2-5,9H,1H3;/q2*-1;;. The maximum Gasteiger partial charge on any atom is 0.341 e. The van der Waals surface area contributed by atoms with Crippen molar-refractivity contribution in [2.24, 2.45) is 0 Å². The van der Waals surface area contributed by atoms with E-state index >= 15 is 0 Å². The average Bonchev–Trinajstić information content (AvgIpc) is 2.95. The number of aromatic hydroxyl groups is 1. The van der Waals surface area contributed by atoms with Crippen LogP contribution in [0.25, 0.3) is 22.5 Å². The van der Waals surface area contributed by atoms with E-state index in [1.54, 1.807) is 24.5 Å². The molecule has 0 amide bonds. The maximum atomic E-state index is 10.9. The van der Waals surface area contributed by atoms with Gasteiger partial charge in [-0.25, -0.2) is 4.79 Å². The number of pyridine rings is 2. The molecular formula is C30H24IrN2O3-2. The second kappa shape index (κ2) is 15.7. The molecule has 2 aromatic heterocycles. The van der Waals surface area contributed by atoms with Crippen molar-refractivity contribution in [3.05, 3.63) is 139 Å². The molecule has 5 rings (SSSR count). The molecule has 2 heterocycles. The molecule has 0 unspecified atom stereocenters. The molecule has 3 aromatic carbocycles. The summed E-state index contributed by atoms with van der Waals surface area (Å²) < 4.78 is 4.42. The molecule has 0 spiro atoms. The van der Waals surface area contributed by atoms with Crippen molar-refractivity contribution in [2.45, 2.75) is 0 Å². The molecule has 5 nitrogen and oxygen atoms in total. The van der Waals surface area contributed by atoms with Gasteiger partial charge in [0.25, 0.3) is 0 Å². The summed E-state index contributed by atoms with van der Waals surface area (Å²) in [5.41, 5.74) is 4.21. The van der Waals surface area contributed by atoms with Crippen molar-refractivity contribution in [3.63, 3.8) is 0 Å². The number of esters is 1. The number of nitrogens with zero attached hydrogens (tertiary/aromatic N) is 2. The number of hydrogen-bond donors (Lipinski definition) is 1. The number of carbonyl (C=O) groups is 1. The first-order valence-corrected chi connectivity index (χ1v) is 10.8. The Bertz CT molecular complexity index is 1140. The summed E-state index contributed by atoms with van der Waals surface area (Å²) in [5, 5.41) is 9.11. The third-order valence-corrected chi connectivity index (χ3v) is 4.61. The normalized spacial score (nSPS) is 9.25. The monoisotopic (exact) mass is 653 g/mol. The zero-order valence-electron chi connectivity index (χ0n) is 19.5. The van der Waals surface area contributed by atoms with Gasteiger partial charge < -0.3 is 19.8 Å². The number of aromatic nitrogens is 2. The zero-order chi connectivity index (χ0) is 24.7. The molecule has 36 heavy (non-hydrogen) atoms. The minimum Gasteiger partial charge on any atom is -0.507 e. The number of hydrogen-bond acceptors (Lipinski definition) is 5. The van der Waals surface area contributed by atoms with Crippen LogP contribution in [0, 0.1) is 12.1 Å². The number of para-hydroxylation sites is 1. The Morgan fingerprint density at radius 1 is 0.694 bits per heavy atom. The first kappa shape index (κ1) is 28.1. The molecule has 0 aliphatic heterocycles. The van der Waals surface area contributed by atoms with Gasteiger partial charge in [0.05, 0.1) is 7.11 Å². The number of phenolic OH excluding ortho intramolecular Hbond substituents is 1. The molecule has 5 aromatic rings. The SMILES string of the molecule is COC(=O)c1ccccc1O.[Ir].[c-]1ccccc1-c1ccccn1.[c-]1ccccc1-c1ccccn1. The third kappa shape index (κ3) is 8.91. The first-order valence-electron chi connectivity index (χ1n) is 10.8. The van der Waals surface area contributed by atoms with Crippen LogP contribution in [-0.4, -0.2) is 28.2 Å². The second-order valence-corrected chi connectivity index (χ2v) is 6.99. The third-order valence-electron chi connectivity index (χ3n) is 4.61. The molecular weight excluding hydrogens is 629 g/mol.